The van der Waals surface area contributed by atoms with Crippen molar-refractivity contribution in [1.29, 1.82) is 0 Å². The normalized spacial score (nSPS) is 11.4. The van der Waals surface area contributed by atoms with Crippen molar-refractivity contribution in [2.45, 2.75) is 0 Å². The fourth-order valence-electron chi connectivity index (χ4n) is 0.886. The van der Waals surface area contributed by atoms with Gasteiger partial charge in [0.15, 0.2) is 0 Å². The Morgan fingerprint density at radius 3 is 2.43 bits per heavy atom. The van der Waals surface area contributed by atoms with Gasteiger partial charge in [0.25, 0.3) is 0 Å². The molecule has 0 aliphatic rings. The van der Waals surface area contributed by atoms with Crippen molar-refractivity contribution < 1.29 is 10.2 Å². The van der Waals surface area contributed by atoms with Crippen molar-refractivity contribution in [2.75, 3.05) is 6.26 Å². The van der Waals surface area contributed by atoms with Crippen molar-refractivity contribution in [3.8, 4) is 5.75 Å². The van der Waals surface area contributed by atoms with Crippen LogP contribution in [0.1, 0.15) is 5.56 Å². The van der Waals surface area contributed by atoms with E-state index < -0.39 is 0 Å². The van der Waals surface area contributed by atoms with E-state index in [9.17, 15) is 5.11 Å². The first-order chi connectivity index (χ1) is 6.63. The van der Waals surface area contributed by atoms with E-state index in [4.69, 9.17) is 17.3 Å². The highest BCUT2D eigenvalue weighted by molar-refractivity contribution is 8.23. The minimum atomic E-state index is 0.115. The molecule has 0 unspecified atom stereocenters. The standard InChI is InChI=1S/C10H10O2S2/c1-14-10(13)6-9(12)7-2-4-8(11)5-3-7/h2-6,11-12H,1H3. The van der Waals surface area contributed by atoms with E-state index in [0.29, 0.717) is 9.76 Å². The Morgan fingerprint density at radius 2 is 1.93 bits per heavy atom. The van der Waals surface area contributed by atoms with E-state index in [-0.39, 0.29) is 11.5 Å². The summed E-state index contributed by atoms with van der Waals surface area (Å²) in [5.74, 6) is 0.290. The third kappa shape index (κ3) is 3.05. The molecule has 0 heterocycles. The van der Waals surface area contributed by atoms with Gasteiger partial charge in [0, 0.05) is 11.6 Å². The molecule has 2 N–H and O–H groups in total. The van der Waals surface area contributed by atoms with Gasteiger partial charge in [-0.25, -0.2) is 0 Å². The van der Waals surface area contributed by atoms with Gasteiger partial charge in [-0.1, -0.05) is 12.2 Å². The largest absolute Gasteiger partial charge is 0.508 e. The summed E-state index contributed by atoms with van der Waals surface area (Å²) in [6.45, 7) is 0. The monoisotopic (exact) mass is 226 g/mol. The summed E-state index contributed by atoms with van der Waals surface area (Å²) in [6.07, 6.45) is 3.37. The Labute approximate surface area is 92.3 Å². The molecule has 0 fully saturated rings. The summed E-state index contributed by atoms with van der Waals surface area (Å²) in [6, 6.07) is 6.29. The summed E-state index contributed by atoms with van der Waals surface area (Å²) < 4.78 is 0.621. The molecule has 0 saturated heterocycles. The number of aliphatic hydroxyl groups is 1. The molecule has 0 amide bonds. The molecule has 14 heavy (non-hydrogen) atoms. The molecule has 1 aromatic carbocycles. The Kier molecular flexibility index (Phi) is 3.98. The van der Waals surface area contributed by atoms with Gasteiger partial charge in [-0.2, -0.15) is 0 Å². The number of aliphatic hydroxyl groups excluding tert-OH is 1. The lowest BCUT2D eigenvalue weighted by Crippen LogP contribution is -1.86. The number of rotatable bonds is 2. The minimum Gasteiger partial charge on any atom is -0.508 e. The Bertz CT molecular complexity index is 355. The van der Waals surface area contributed by atoms with Gasteiger partial charge in [-0.15, -0.1) is 11.8 Å². The zero-order valence-corrected chi connectivity index (χ0v) is 9.23. The highest BCUT2D eigenvalue weighted by atomic mass is 32.2. The highest BCUT2D eigenvalue weighted by Crippen LogP contribution is 2.16. The van der Waals surface area contributed by atoms with Crippen LogP contribution in [0.4, 0.5) is 0 Å². The molecule has 0 spiro atoms. The first-order valence-corrected chi connectivity index (χ1v) is 5.55. The maximum absolute atomic E-state index is 9.59. The minimum absolute atomic E-state index is 0.115. The summed E-state index contributed by atoms with van der Waals surface area (Å²) in [5.41, 5.74) is 0.638. The lowest BCUT2D eigenvalue weighted by molar-refractivity contribution is 0.474. The average Bonchev–Trinajstić information content (AvgIpc) is 2.18. The van der Waals surface area contributed by atoms with Crippen LogP contribution in [-0.2, 0) is 0 Å². The molecule has 1 aromatic rings. The van der Waals surface area contributed by atoms with Gasteiger partial charge < -0.3 is 10.2 Å². The van der Waals surface area contributed by atoms with Crippen molar-refractivity contribution in [3.63, 3.8) is 0 Å². The van der Waals surface area contributed by atoms with Crippen LogP contribution in [0.2, 0.25) is 0 Å². The van der Waals surface area contributed by atoms with E-state index in [2.05, 4.69) is 0 Å². The van der Waals surface area contributed by atoms with Gasteiger partial charge >= 0.3 is 0 Å². The fraction of sp³-hybridized carbons (Fsp3) is 0.100. The van der Waals surface area contributed by atoms with Crippen LogP contribution in [0, 0.1) is 0 Å². The quantitative estimate of drug-likeness (QED) is 0.462. The average molecular weight is 226 g/mol. The molecule has 0 atom stereocenters. The van der Waals surface area contributed by atoms with Crippen LogP contribution in [0.5, 0.6) is 5.75 Å². The predicted octanol–water partition coefficient (Wildman–Crippen LogP) is 2.98. The van der Waals surface area contributed by atoms with Gasteiger partial charge in [0.2, 0.25) is 0 Å². The van der Waals surface area contributed by atoms with Crippen molar-refractivity contribution in [2.24, 2.45) is 0 Å². The number of thiocarbonyl (C=S) groups is 1. The first-order valence-electron chi connectivity index (χ1n) is 3.91. The number of hydrogen-bond donors (Lipinski definition) is 2. The van der Waals surface area contributed by atoms with Crippen LogP contribution in [0.15, 0.2) is 30.3 Å². The summed E-state index contributed by atoms with van der Waals surface area (Å²) in [4.78, 5) is 0. The molecular weight excluding hydrogens is 216 g/mol. The third-order valence-electron chi connectivity index (χ3n) is 1.62. The van der Waals surface area contributed by atoms with Crippen LogP contribution in [0.3, 0.4) is 0 Å². The van der Waals surface area contributed by atoms with Crippen LogP contribution in [0.25, 0.3) is 5.76 Å². The molecule has 74 valence electrons. The second kappa shape index (κ2) is 5.02. The molecule has 0 aliphatic heterocycles. The molecular formula is C10H10O2S2. The van der Waals surface area contributed by atoms with E-state index in [1.807, 2.05) is 6.26 Å². The van der Waals surface area contributed by atoms with E-state index in [1.165, 1.54) is 30.0 Å². The number of phenols is 1. The zero-order chi connectivity index (χ0) is 10.6. The number of phenolic OH excluding ortho intramolecular Hbond substituents is 1. The van der Waals surface area contributed by atoms with Gasteiger partial charge in [0.05, 0.1) is 4.20 Å². The van der Waals surface area contributed by atoms with Crippen LogP contribution in [-0.4, -0.2) is 20.7 Å². The van der Waals surface area contributed by atoms with E-state index >= 15 is 0 Å². The van der Waals surface area contributed by atoms with Gasteiger partial charge in [-0.05, 0) is 30.5 Å². The maximum atomic E-state index is 9.59. The molecule has 0 saturated carbocycles. The van der Waals surface area contributed by atoms with Crippen LogP contribution < -0.4 is 0 Å². The summed E-state index contributed by atoms with van der Waals surface area (Å²) in [7, 11) is 0. The summed E-state index contributed by atoms with van der Waals surface area (Å²) in [5, 5.41) is 18.6. The first kappa shape index (κ1) is 11.1. The maximum Gasteiger partial charge on any atom is 0.124 e. The molecule has 0 radical (unpaired) electrons. The lowest BCUT2D eigenvalue weighted by Gasteiger charge is -2.00. The summed E-state index contributed by atoms with van der Waals surface area (Å²) >= 11 is 6.33. The van der Waals surface area contributed by atoms with Crippen molar-refractivity contribution in [1.82, 2.24) is 0 Å². The second-order valence-electron chi connectivity index (χ2n) is 2.60. The third-order valence-corrected chi connectivity index (χ3v) is 2.76. The topological polar surface area (TPSA) is 40.5 Å². The highest BCUT2D eigenvalue weighted by Gasteiger charge is 1.99. The zero-order valence-electron chi connectivity index (χ0n) is 7.60. The smallest absolute Gasteiger partial charge is 0.124 e. The molecule has 1 rings (SSSR count). The van der Waals surface area contributed by atoms with Crippen molar-refractivity contribution >= 4 is 33.9 Å². The predicted molar refractivity (Wildman–Crippen MR) is 64.8 cm³/mol. The fourth-order valence-corrected chi connectivity index (χ4v) is 1.23. The number of aromatic hydroxyl groups is 1. The second-order valence-corrected chi connectivity index (χ2v) is 4.15. The molecule has 0 bridgehead atoms. The SMILES string of the molecule is CSC(=S)C=C(O)c1ccc(O)cc1. The van der Waals surface area contributed by atoms with Gasteiger partial charge in [-0.3, -0.25) is 0 Å². The number of benzene rings is 1. The number of hydrogen-bond acceptors (Lipinski definition) is 4. The molecule has 0 aromatic heterocycles. The molecule has 4 heteroatoms. The lowest BCUT2D eigenvalue weighted by atomic mass is 10.2. The molecule has 0 aliphatic carbocycles. The Hall–Kier alpha value is -1.00. The van der Waals surface area contributed by atoms with Crippen LogP contribution >= 0.6 is 24.0 Å². The molecule has 2 nitrogen and oxygen atoms in total. The Morgan fingerprint density at radius 1 is 1.36 bits per heavy atom. The van der Waals surface area contributed by atoms with E-state index in [1.54, 1.807) is 12.1 Å². The Balaban J connectivity index is 2.89. The number of thioether (sulfide) groups is 1. The van der Waals surface area contributed by atoms with E-state index in [0.717, 1.165) is 0 Å². The van der Waals surface area contributed by atoms with Gasteiger partial charge in [0.1, 0.15) is 11.5 Å². The van der Waals surface area contributed by atoms with Crippen molar-refractivity contribution in [3.05, 3.63) is 35.9 Å².